The maximum atomic E-state index is 11.1. The van der Waals surface area contributed by atoms with Crippen molar-refractivity contribution in [1.82, 2.24) is 0 Å². The van der Waals surface area contributed by atoms with Crippen molar-refractivity contribution in [3.8, 4) is 5.75 Å². The second kappa shape index (κ2) is 12.7. The van der Waals surface area contributed by atoms with Crippen LogP contribution in [0.3, 0.4) is 0 Å². The summed E-state index contributed by atoms with van der Waals surface area (Å²) in [5.74, 6) is -1.12. The van der Waals surface area contributed by atoms with Gasteiger partial charge in [0, 0.05) is 41.3 Å². The molecule has 2 heterocycles. The zero-order valence-electron chi connectivity index (χ0n) is 21.2. The Morgan fingerprint density at radius 2 is 2.00 bits per heavy atom. The lowest BCUT2D eigenvalue weighted by Gasteiger charge is -2.20. The Balaban J connectivity index is 1.71. The van der Waals surface area contributed by atoms with E-state index in [0.29, 0.717) is 31.0 Å². The highest BCUT2D eigenvalue weighted by molar-refractivity contribution is 8.03. The van der Waals surface area contributed by atoms with E-state index in [1.165, 1.54) is 0 Å². The van der Waals surface area contributed by atoms with E-state index in [1.807, 2.05) is 36.4 Å². The van der Waals surface area contributed by atoms with Gasteiger partial charge in [0.1, 0.15) is 10.4 Å². The van der Waals surface area contributed by atoms with E-state index in [-0.39, 0.29) is 12.8 Å². The monoisotopic (exact) mass is 572 g/mol. The molecule has 0 saturated carbocycles. The van der Waals surface area contributed by atoms with Crippen LogP contribution in [-0.2, 0) is 16.1 Å². The number of aromatic nitrogens is 1. The molecule has 1 aromatic heterocycles. The maximum absolute atomic E-state index is 11.1. The lowest BCUT2D eigenvalue weighted by molar-refractivity contribution is -0.669. The van der Waals surface area contributed by atoms with Gasteiger partial charge < -0.3 is 24.6 Å². The van der Waals surface area contributed by atoms with E-state index < -0.39 is 11.9 Å². The highest BCUT2D eigenvalue weighted by Crippen LogP contribution is 2.47. The number of ether oxygens (including phenoxy) is 1. The number of nitrogens with zero attached hydrogens (tertiary/aromatic N) is 2. The fourth-order valence-corrected chi connectivity index (χ4v) is 6.75. The van der Waals surface area contributed by atoms with Gasteiger partial charge in [0.05, 0.1) is 23.9 Å². The van der Waals surface area contributed by atoms with Crippen molar-refractivity contribution in [2.45, 2.75) is 50.5 Å². The number of anilines is 1. The van der Waals surface area contributed by atoms with Crippen LogP contribution in [0.5, 0.6) is 5.75 Å². The first kappa shape index (κ1) is 28.0. The molecule has 0 unspecified atom stereocenters. The lowest BCUT2D eigenvalue weighted by atomic mass is 10.1. The number of aryl methyl sites for hydroxylation is 1. The van der Waals surface area contributed by atoms with Gasteiger partial charge in [-0.1, -0.05) is 41.6 Å². The number of methoxy groups -OCH3 is 1. The van der Waals surface area contributed by atoms with Crippen LogP contribution in [0.25, 0.3) is 16.3 Å². The summed E-state index contributed by atoms with van der Waals surface area (Å²) >= 11 is 9.58. The van der Waals surface area contributed by atoms with Crippen molar-refractivity contribution in [1.29, 1.82) is 0 Å². The number of thioether (sulfide) groups is 1. The molecular weight excluding hydrogens is 544 g/mol. The van der Waals surface area contributed by atoms with E-state index in [9.17, 15) is 14.7 Å². The Morgan fingerprint density at radius 1 is 1.18 bits per heavy atom. The van der Waals surface area contributed by atoms with Crippen LogP contribution >= 0.6 is 34.7 Å². The third-order valence-corrected chi connectivity index (χ3v) is 8.65. The average molecular weight is 573 g/mol. The molecule has 3 aromatic rings. The SMILES string of the molecule is CCC(/C=C1\Sc2ccc(Cl)cc2N1CCCC(=O)O)=C\c1sc2ccc(OC)cc2[n+]1CCCC(=O)[O-]. The van der Waals surface area contributed by atoms with Crippen LogP contribution < -0.4 is 19.3 Å². The molecule has 0 amide bonds. The summed E-state index contributed by atoms with van der Waals surface area (Å²) < 4.78 is 8.65. The summed E-state index contributed by atoms with van der Waals surface area (Å²) in [6.45, 7) is 3.21. The van der Waals surface area contributed by atoms with E-state index >= 15 is 0 Å². The Labute approximate surface area is 235 Å². The number of fused-ring (bicyclic) bond motifs is 2. The quantitative estimate of drug-likeness (QED) is 0.287. The van der Waals surface area contributed by atoms with E-state index in [4.69, 9.17) is 21.4 Å². The van der Waals surface area contributed by atoms with Gasteiger partial charge in [-0.25, -0.2) is 0 Å². The van der Waals surface area contributed by atoms with Crippen LogP contribution in [0.15, 0.2) is 58.0 Å². The molecule has 0 radical (unpaired) electrons. The van der Waals surface area contributed by atoms with Crippen molar-refractivity contribution >= 4 is 68.6 Å². The Hall–Kier alpha value is -3.01. The number of carbonyl (C=O) groups is 2. The number of aliphatic carboxylic acids is 2. The van der Waals surface area contributed by atoms with Crippen LogP contribution in [0, 0.1) is 0 Å². The Morgan fingerprint density at radius 3 is 2.71 bits per heavy atom. The predicted octanol–water partition coefficient (Wildman–Crippen LogP) is 5.49. The smallest absolute Gasteiger partial charge is 0.303 e. The van der Waals surface area contributed by atoms with Gasteiger partial charge in [0.2, 0.25) is 5.52 Å². The van der Waals surface area contributed by atoms with Crippen LogP contribution in [0.4, 0.5) is 5.69 Å². The molecule has 4 rings (SSSR count). The highest BCUT2D eigenvalue weighted by Gasteiger charge is 2.26. The molecule has 2 aromatic carbocycles. The summed E-state index contributed by atoms with van der Waals surface area (Å²) in [5, 5.41) is 22.9. The summed E-state index contributed by atoms with van der Waals surface area (Å²) in [6, 6.07) is 11.7. The van der Waals surface area contributed by atoms with Crippen molar-refractivity contribution < 1.29 is 29.1 Å². The zero-order valence-corrected chi connectivity index (χ0v) is 23.6. The number of hydrogen-bond donors (Lipinski definition) is 1. The number of benzene rings is 2. The first-order chi connectivity index (χ1) is 18.3. The number of carboxylic acids is 2. The first-order valence-electron chi connectivity index (χ1n) is 12.4. The van der Waals surface area contributed by atoms with Gasteiger partial charge in [0.25, 0.3) is 5.01 Å². The fourth-order valence-electron chi connectivity index (χ4n) is 4.29. The van der Waals surface area contributed by atoms with Crippen molar-refractivity contribution in [2.24, 2.45) is 0 Å². The Kier molecular flexibility index (Phi) is 9.35. The maximum Gasteiger partial charge on any atom is 0.303 e. The average Bonchev–Trinajstić information content (AvgIpc) is 3.39. The second-order valence-electron chi connectivity index (χ2n) is 8.82. The number of carbonyl (C=O) groups excluding carboxylic acids is 1. The number of hydrogen-bond acceptors (Lipinski definition) is 7. The standard InChI is InChI=1S/C28H29ClN2O5S2/c1-3-18(14-25-30(12-4-6-27(32)33)21-16-19(29)8-10-23(21)37-25)15-26-31(13-5-7-28(34)35)22-17-20(36-2)9-11-24(22)38-26/h8-11,14-17H,3-7,12-13H2,1-2H3,(H-,32,33,34,35). The number of carboxylic acid groups (broad SMARTS) is 2. The minimum Gasteiger partial charge on any atom is -0.550 e. The van der Waals surface area contributed by atoms with Gasteiger partial charge in [-0.3, -0.25) is 4.79 Å². The van der Waals surface area contributed by atoms with E-state index in [2.05, 4.69) is 28.5 Å². The molecule has 0 fully saturated rings. The minimum absolute atomic E-state index is 0.00902. The topological polar surface area (TPSA) is 93.8 Å². The van der Waals surface area contributed by atoms with Crippen molar-refractivity contribution in [2.75, 3.05) is 18.6 Å². The third kappa shape index (κ3) is 6.70. The summed E-state index contributed by atoms with van der Waals surface area (Å²) in [5.41, 5.74) is 3.08. The summed E-state index contributed by atoms with van der Waals surface area (Å²) in [4.78, 5) is 25.4. The molecule has 10 heteroatoms. The molecule has 38 heavy (non-hydrogen) atoms. The normalized spacial score (nSPS) is 14.3. The predicted molar refractivity (Wildman–Crippen MR) is 151 cm³/mol. The molecule has 1 N–H and O–H groups in total. The highest BCUT2D eigenvalue weighted by atomic mass is 35.5. The molecule has 200 valence electrons. The van der Waals surface area contributed by atoms with Gasteiger partial charge >= 0.3 is 5.97 Å². The molecule has 0 saturated heterocycles. The molecule has 1 aliphatic heterocycles. The number of halogens is 1. The van der Waals surface area contributed by atoms with Crippen LogP contribution in [0.2, 0.25) is 5.02 Å². The van der Waals surface area contributed by atoms with Crippen molar-refractivity contribution in [3.05, 3.63) is 63.1 Å². The van der Waals surface area contributed by atoms with E-state index in [1.54, 1.807) is 30.2 Å². The summed E-state index contributed by atoms with van der Waals surface area (Å²) in [7, 11) is 1.63. The van der Waals surface area contributed by atoms with Crippen LogP contribution in [-0.4, -0.2) is 30.7 Å². The first-order valence-corrected chi connectivity index (χ1v) is 14.4. The van der Waals surface area contributed by atoms with Gasteiger partial charge in [0.15, 0.2) is 6.54 Å². The summed E-state index contributed by atoms with van der Waals surface area (Å²) in [6.07, 6.45) is 6.14. The number of thiazole rings is 1. The van der Waals surface area contributed by atoms with Crippen molar-refractivity contribution in [3.63, 3.8) is 0 Å². The third-order valence-electron chi connectivity index (χ3n) is 6.19. The molecule has 0 atom stereocenters. The molecule has 0 aliphatic carbocycles. The zero-order chi connectivity index (χ0) is 27.2. The van der Waals surface area contributed by atoms with E-state index in [0.717, 1.165) is 48.6 Å². The minimum atomic E-state index is -1.06. The number of rotatable bonds is 12. The largest absolute Gasteiger partial charge is 0.550 e. The Bertz CT molecular complexity index is 1420. The van der Waals surface area contributed by atoms with Gasteiger partial charge in [-0.05, 0) is 61.2 Å². The molecule has 0 bridgehead atoms. The lowest BCUT2D eigenvalue weighted by Crippen LogP contribution is -2.36. The van der Waals surface area contributed by atoms with Gasteiger partial charge in [-0.15, -0.1) is 0 Å². The van der Waals surface area contributed by atoms with Gasteiger partial charge in [-0.2, -0.15) is 4.57 Å². The molecule has 0 spiro atoms. The molecule has 7 nitrogen and oxygen atoms in total. The second-order valence-corrected chi connectivity index (χ2v) is 11.4. The molecular formula is C28H29ClN2O5S2. The molecule has 1 aliphatic rings. The number of allylic oxidation sites excluding steroid dienone is 2. The fraction of sp³-hybridized carbons (Fsp3) is 0.321. The van der Waals surface area contributed by atoms with Crippen LogP contribution in [0.1, 0.15) is 44.0 Å².